The van der Waals surface area contributed by atoms with Gasteiger partial charge in [-0.1, -0.05) is 44.4 Å². The van der Waals surface area contributed by atoms with E-state index in [1.807, 2.05) is 6.92 Å². The predicted octanol–water partition coefficient (Wildman–Crippen LogP) is 3.68. The zero-order chi connectivity index (χ0) is 15.9. The molecule has 0 fully saturated rings. The number of para-hydroxylation sites is 1. The van der Waals surface area contributed by atoms with Crippen LogP contribution in [0, 0.1) is 5.92 Å². The monoisotopic (exact) mass is 303 g/mol. The summed E-state index contributed by atoms with van der Waals surface area (Å²) >= 11 is 0. The van der Waals surface area contributed by atoms with Gasteiger partial charge in [0.05, 0.1) is 5.92 Å². The van der Waals surface area contributed by atoms with Gasteiger partial charge >= 0.3 is 12.1 Å². The molecule has 1 rings (SSSR count). The van der Waals surface area contributed by atoms with Crippen LogP contribution in [0.3, 0.4) is 0 Å². The first-order chi connectivity index (χ1) is 9.86. The second-order valence-corrected chi connectivity index (χ2v) is 4.90. The summed E-state index contributed by atoms with van der Waals surface area (Å²) in [5.41, 5.74) is 5.21. The molecule has 0 spiro atoms. The first-order valence-corrected chi connectivity index (χ1v) is 6.95. The van der Waals surface area contributed by atoms with Gasteiger partial charge in [0.15, 0.2) is 0 Å². The molecular weight excluding hydrogens is 283 g/mol. The maximum Gasteiger partial charge on any atom is 0.404 e. The Morgan fingerprint density at radius 1 is 1.24 bits per heavy atom. The summed E-state index contributed by atoms with van der Waals surface area (Å²) in [5.74, 6) is -2.09. The smallest absolute Gasteiger partial charge is 0.404 e. The molecule has 0 heterocycles. The molecule has 118 valence electrons. The van der Waals surface area contributed by atoms with Crippen LogP contribution in [0.2, 0.25) is 0 Å². The van der Waals surface area contributed by atoms with Crippen LogP contribution < -0.4 is 10.5 Å². The molecule has 0 aliphatic rings. The van der Waals surface area contributed by atoms with Crippen molar-refractivity contribution < 1.29 is 22.7 Å². The second kappa shape index (κ2) is 8.02. The highest BCUT2D eigenvalue weighted by Crippen LogP contribution is 2.28. The Balaban J connectivity index is 2.77. The number of benzene rings is 1. The molecule has 1 aromatic carbocycles. The van der Waals surface area contributed by atoms with Gasteiger partial charge in [0.1, 0.15) is 11.8 Å². The van der Waals surface area contributed by atoms with Crippen molar-refractivity contribution in [2.24, 2.45) is 11.7 Å². The molecule has 0 aliphatic carbocycles. The zero-order valence-electron chi connectivity index (χ0n) is 11.9. The number of ether oxygens (including phenoxy) is 1. The predicted molar refractivity (Wildman–Crippen MR) is 73.7 cm³/mol. The minimum atomic E-state index is -4.62. The fraction of sp³-hybridized carbons (Fsp3) is 0.533. The van der Waals surface area contributed by atoms with Crippen LogP contribution in [0.4, 0.5) is 13.2 Å². The van der Waals surface area contributed by atoms with E-state index in [1.165, 1.54) is 12.1 Å². The van der Waals surface area contributed by atoms with E-state index in [0.29, 0.717) is 6.42 Å². The Morgan fingerprint density at radius 2 is 1.86 bits per heavy atom. The normalized spacial score (nSPS) is 14.5. The van der Waals surface area contributed by atoms with Crippen molar-refractivity contribution in [1.29, 1.82) is 0 Å². The Kier molecular flexibility index (Phi) is 6.68. The molecule has 0 bridgehead atoms. The molecule has 0 aliphatic heterocycles. The number of alkyl halides is 3. The Morgan fingerprint density at radius 3 is 2.38 bits per heavy atom. The van der Waals surface area contributed by atoms with Crippen molar-refractivity contribution in [2.45, 2.75) is 44.8 Å². The standard InChI is InChI=1S/C15H20F3NO2/c1-2-3-5-10-12(13(19)15(16,17)18)14(20)21-11-8-6-4-7-9-11/h4,6-9,12-13H,2-3,5,10,19H2,1H3/t12-,13-/m1/s1. The lowest BCUT2D eigenvalue weighted by Crippen LogP contribution is -2.48. The van der Waals surface area contributed by atoms with Gasteiger partial charge in [-0.25, -0.2) is 0 Å². The number of hydrogen-bond donors (Lipinski definition) is 1. The molecule has 0 aromatic heterocycles. The second-order valence-electron chi connectivity index (χ2n) is 4.90. The molecule has 0 saturated heterocycles. The number of unbranched alkanes of at least 4 members (excludes halogenated alkanes) is 2. The number of rotatable bonds is 7. The first-order valence-electron chi connectivity index (χ1n) is 6.95. The van der Waals surface area contributed by atoms with Crippen molar-refractivity contribution in [3.05, 3.63) is 30.3 Å². The molecule has 0 saturated carbocycles. The van der Waals surface area contributed by atoms with E-state index >= 15 is 0 Å². The SMILES string of the molecule is CCCCC[C@@H](C(=O)Oc1ccccc1)[C@@H](N)C(F)(F)F. The van der Waals surface area contributed by atoms with Crippen LogP contribution in [-0.4, -0.2) is 18.2 Å². The number of carbonyl (C=O) groups is 1. The topological polar surface area (TPSA) is 52.3 Å². The lowest BCUT2D eigenvalue weighted by Gasteiger charge is -2.24. The summed E-state index contributed by atoms with van der Waals surface area (Å²) < 4.78 is 43.3. The molecule has 6 heteroatoms. The molecule has 0 amide bonds. The highest BCUT2D eigenvalue weighted by molar-refractivity contribution is 5.76. The van der Waals surface area contributed by atoms with Crippen LogP contribution in [-0.2, 0) is 4.79 Å². The third-order valence-electron chi connectivity index (χ3n) is 3.19. The zero-order valence-corrected chi connectivity index (χ0v) is 11.9. The summed E-state index contributed by atoms with van der Waals surface area (Å²) in [6.07, 6.45) is -2.44. The number of halogens is 3. The highest BCUT2D eigenvalue weighted by atomic mass is 19.4. The van der Waals surface area contributed by atoms with E-state index in [9.17, 15) is 18.0 Å². The van der Waals surface area contributed by atoms with Crippen molar-refractivity contribution in [1.82, 2.24) is 0 Å². The Hall–Kier alpha value is -1.56. The van der Waals surface area contributed by atoms with Crippen LogP contribution in [0.1, 0.15) is 32.6 Å². The quantitative estimate of drug-likeness (QED) is 0.475. The minimum absolute atomic E-state index is 0.0696. The lowest BCUT2D eigenvalue weighted by molar-refractivity contribution is -0.172. The fourth-order valence-electron chi connectivity index (χ4n) is 1.97. The maximum absolute atomic E-state index is 12.8. The Labute approximate surface area is 122 Å². The van der Waals surface area contributed by atoms with E-state index in [1.54, 1.807) is 18.2 Å². The molecule has 0 radical (unpaired) electrons. The molecule has 3 nitrogen and oxygen atoms in total. The fourth-order valence-corrected chi connectivity index (χ4v) is 1.97. The maximum atomic E-state index is 12.8. The number of hydrogen-bond acceptors (Lipinski definition) is 3. The van der Waals surface area contributed by atoms with Crippen molar-refractivity contribution in [2.75, 3.05) is 0 Å². The molecule has 2 N–H and O–H groups in total. The minimum Gasteiger partial charge on any atom is -0.426 e. The first kappa shape index (κ1) is 17.5. The molecular formula is C15H20F3NO2. The average Bonchev–Trinajstić information content (AvgIpc) is 2.43. The van der Waals surface area contributed by atoms with E-state index in [4.69, 9.17) is 10.5 Å². The summed E-state index contributed by atoms with van der Waals surface area (Å²) in [5, 5.41) is 0. The van der Waals surface area contributed by atoms with Gasteiger partial charge in [-0.05, 0) is 18.6 Å². The third-order valence-corrected chi connectivity index (χ3v) is 3.19. The van der Waals surface area contributed by atoms with E-state index < -0.39 is 24.1 Å². The van der Waals surface area contributed by atoms with Gasteiger partial charge in [-0.15, -0.1) is 0 Å². The van der Waals surface area contributed by atoms with Gasteiger partial charge in [-0.2, -0.15) is 13.2 Å². The van der Waals surface area contributed by atoms with E-state index in [2.05, 4.69) is 0 Å². The van der Waals surface area contributed by atoms with Crippen LogP contribution >= 0.6 is 0 Å². The molecule has 0 unspecified atom stereocenters. The lowest BCUT2D eigenvalue weighted by atomic mass is 9.93. The molecule has 2 atom stereocenters. The largest absolute Gasteiger partial charge is 0.426 e. The van der Waals surface area contributed by atoms with Crippen molar-refractivity contribution in [3.8, 4) is 5.75 Å². The van der Waals surface area contributed by atoms with Crippen LogP contribution in [0.5, 0.6) is 5.75 Å². The number of carbonyl (C=O) groups excluding carboxylic acids is 1. The van der Waals surface area contributed by atoms with Gasteiger partial charge in [0, 0.05) is 0 Å². The van der Waals surface area contributed by atoms with E-state index in [-0.39, 0.29) is 12.2 Å². The summed E-state index contributed by atoms with van der Waals surface area (Å²) in [4.78, 5) is 12.0. The number of nitrogens with two attached hydrogens (primary N) is 1. The summed E-state index contributed by atoms with van der Waals surface area (Å²) in [6, 6.07) is 5.82. The highest BCUT2D eigenvalue weighted by Gasteiger charge is 2.45. The molecule has 1 aromatic rings. The Bertz CT molecular complexity index is 434. The summed E-state index contributed by atoms with van der Waals surface area (Å²) in [6.45, 7) is 1.93. The average molecular weight is 303 g/mol. The van der Waals surface area contributed by atoms with Gasteiger partial charge in [0.25, 0.3) is 0 Å². The van der Waals surface area contributed by atoms with Crippen molar-refractivity contribution >= 4 is 5.97 Å². The van der Waals surface area contributed by atoms with Gasteiger partial charge < -0.3 is 10.5 Å². The van der Waals surface area contributed by atoms with Crippen LogP contribution in [0.25, 0.3) is 0 Å². The van der Waals surface area contributed by atoms with Gasteiger partial charge in [0.2, 0.25) is 0 Å². The number of esters is 1. The van der Waals surface area contributed by atoms with Crippen LogP contribution in [0.15, 0.2) is 30.3 Å². The van der Waals surface area contributed by atoms with E-state index in [0.717, 1.165) is 12.8 Å². The van der Waals surface area contributed by atoms with Gasteiger partial charge in [-0.3, -0.25) is 4.79 Å². The van der Waals surface area contributed by atoms with Crippen molar-refractivity contribution in [3.63, 3.8) is 0 Å². The molecule has 21 heavy (non-hydrogen) atoms. The summed E-state index contributed by atoms with van der Waals surface area (Å²) in [7, 11) is 0. The third kappa shape index (κ3) is 5.75.